The van der Waals surface area contributed by atoms with Gasteiger partial charge in [0.25, 0.3) is 0 Å². The third-order valence-electron chi connectivity index (χ3n) is 2.16. The molecule has 2 aromatic heterocycles. The maximum atomic E-state index is 11.1. The van der Waals surface area contributed by atoms with E-state index in [1.165, 1.54) is 23.3 Å². The Hall–Kier alpha value is -1.47. The van der Waals surface area contributed by atoms with Gasteiger partial charge in [-0.05, 0) is 6.92 Å². The highest BCUT2D eigenvalue weighted by Crippen LogP contribution is 2.18. The Morgan fingerprint density at radius 2 is 2.39 bits per heavy atom. The van der Waals surface area contributed by atoms with Gasteiger partial charge in [0, 0.05) is 16.5 Å². The predicted molar refractivity (Wildman–Crippen MR) is 72.0 cm³/mol. The van der Waals surface area contributed by atoms with Crippen LogP contribution < -0.4 is 5.32 Å². The van der Waals surface area contributed by atoms with E-state index in [4.69, 9.17) is 0 Å². The van der Waals surface area contributed by atoms with Gasteiger partial charge in [-0.25, -0.2) is 9.97 Å². The van der Waals surface area contributed by atoms with Gasteiger partial charge in [0.05, 0.1) is 25.8 Å². The Balaban J connectivity index is 1.88. The summed E-state index contributed by atoms with van der Waals surface area (Å²) in [4.78, 5) is 20.8. The minimum atomic E-state index is -0.276. The van der Waals surface area contributed by atoms with Crippen molar-refractivity contribution >= 4 is 33.8 Å². The van der Waals surface area contributed by atoms with E-state index in [-0.39, 0.29) is 12.4 Å². The Bertz CT molecular complexity index is 536. The molecule has 2 rings (SSSR count). The van der Waals surface area contributed by atoms with Crippen LogP contribution in [0.1, 0.15) is 15.6 Å². The summed E-state index contributed by atoms with van der Waals surface area (Å²) in [5, 5.41) is 6.86. The number of esters is 1. The maximum Gasteiger partial charge on any atom is 0.311 e. The fraction of sp³-hybridized carbons (Fsp3) is 0.364. The first-order chi connectivity index (χ1) is 8.67. The van der Waals surface area contributed by atoms with E-state index in [2.05, 4.69) is 20.0 Å². The molecule has 0 aliphatic heterocycles. The van der Waals surface area contributed by atoms with Crippen LogP contribution in [0.15, 0.2) is 11.6 Å². The molecule has 18 heavy (non-hydrogen) atoms. The molecule has 2 heterocycles. The SMILES string of the molecule is COC(=O)Cc1csc(NCc2ncc(C)s2)n1. The van der Waals surface area contributed by atoms with Gasteiger partial charge in [0.15, 0.2) is 5.13 Å². The molecule has 0 saturated heterocycles. The minimum Gasteiger partial charge on any atom is -0.469 e. The largest absolute Gasteiger partial charge is 0.469 e. The number of thiazole rings is 2. The number of anilines is 1. The number of aromatic nitrogens is 2. The summed E-state index contributed by atoms with van der Waals surface area (Å²) in [5.41, 5.74) is 0.727. The van der Waals surface area contributed by atoms with Crippen LogP contribution in [0.2, 0.25) is 0 Å². The molecule has 0 spiro atoms. The lowest BCUT2D eigenvalue weighted by Gasteiger charge is -1.98. The second-order valence-corrected chi connectivity index (χ2v) is 5.79. The van der Waals surface area contributed by atoms with Gasteiger partial charge < -0.3 is 10.1 Å². The summed E-state index contributed by atoms with van der Waals surface area (Å²) < 4.78 is 4.59. The quantitative estimate of drug-likeness (QED) is 0.853. The summed E-state index contributed by atoms with van der Waals surface area (Å²) >= 11 is 3.13. The van der Waals surface area contributed by atoms with Crippen LogP contribution in [0.3, 0.4) is 0 Å². The molecule has 0 amide bonds. The molecule has 0 aliphatic carbocycles. The van der Waals surface area contributed by atoms with Crippen LogP contribution in [-0.2, 0) is 22.5 Å². The molecule has 0 radical (unpaired) electrons. The maximum absolute atomic E-state index is 11.1. The number of carbonyl (C=O) groups excluding carboxylic acids is 1. The van der Waals surface area contributed by atoms with Crippen molar-refractivity contribution in [3.05, 3.63) is 27.2 Å². The summed E-state index contributed by atoms with van der Waals surface area (Å²) in [6.07, 6.45) is 2.07. The van der Waals surface area contributed by atoms with Crippen LogP contribution in [0.4, 0.5) is 5.13 Å². The van der Waals surface area contributed by atoms with Gasteiger partial charge in [-0.2, -0.15) is 0 Å². The topological polar surface area (TPSA) is 64.1 Å². The first-order valence-corrected chi connectivity index (χ1v) is 7.03. The zero-order chi connectivity index (χ0) is 13.0. The number of methoxy groups -OCH3 is 1. The summed E-state index contributed by atoms with van der Waals surface area (Å²) in [5.74, 6) is -0.276. The van der Waals surface area contributed by atoms with E-state index in [1.54, 1.807) is 11.3 Å². The number of aryl methyl sites for hydroxylation is 1. The van der Waals surface area contributed by atoms with E-state index in [0.717, 1.165) is 15.8 Å². The lowest BCUT2D eigenvalue weighted by Crippen LogP contribution is -2.05. The summed E-state index contributed by atoms with van der Waals surface area (Å²) in [6.45, 7) is 2.68. The predicted octanol–water partition coefficient (Wildman–Crippen LogP) is 2.24. The van der Waals surface area contributed by atoms with Gasteiger partial charge in [-0.15, -0.1) is 22.7 Å². The Morgan fingerprint density at radius 1 is 1.56 bits per heavy atom. The Morgan fingerprint density at radius 3 is 3.06 bits per heavy atom. The van der Waals surface area contributed by atoms with Crippen molar-refractivity contribution in [2.75, 3.05) is 12.4 Å². The molecule has 0 atom stereocenters. The molecule has 0 fully saturated rings. The van der Waals surface area contributed by atoms with Crippen molar-refractivity contribution < 1.29 is 9.53 Å². The van der Waals surface area contributed by atoms with Crippen molar-refractivity contribution in [3.63, 3.8) is 0 Å². The van der Waals surface area contributed by atoms with Crippen molar-refractivity contribution in [1.82, 2.24) is 9.97 Å². The van der Waals surface area contributed by atoms with Crippen LogP contribution in [0.25, 0.3) is 0 Å². The van der Waals surface area contributed by atoms with Gasteiger partial charge >= 0.3 is 5.97 Å². The highest BCUT2D eigenvalue weighted by molar-refractivity contribution is 7.13. The standard InChI is InChI=1S/C11H13N3O2S2/c1-7-4-12-9(18-7)5-13-11-14-8(6-17-11)3-10(15)16-2/h4,6H,3,5H2,1-2H3,(H,13,14). The van der Waals surface area contributed by atoms with E-state index >= 15 is 0 Å². The lowest BCUT2D eigenvalue weighted by atomic mass is 10.3. The molecule has 2 aromatic rings. The van der Waals surface area contributed by atoms with Gasteiger partial charge in [-0.3, -0.25) is 4.79 Å². The minimum absolute atomic E-state index is 0.213. The van der Waals surface area contributed by atoms with E-state index in [0.29, 0.717) is 6.54 Å². The molecule has 0 aromatic carbocycles. The third kappa shape index (κ3) is 3.51. The zero-order valence-corrected chi connectivity index (χ0v) is 11.7. The van der Waals surface area contributed by atoms with Crippen molar-refractivity contribution in [3.8, 4) is 0 Å². The average Bonchev–Trinajstić information content (AvgIpc) is 2.96. The average molecular weight is 283 g/mol. The van der Waals surface area contributed by atoms with Gasteiger partial charge in [0.2, 0.25) is 0 Å². The fourth-order valence-corrected chi connectivity index (χ4v) is 2.76. The van der Waals surface area contributed by atoms with E-state index in [9.17, 15) is 4.79 Å². The van der Waals surface area contributed by atoms with Crippen LogP contribution >= 0.6 is 22.7 Å². The normalized spacial score (nSPS) is 10.3. The Kier molecular flexibility index (Phi) is 4.27. The number of nitrogens with zero attached hydrogens (tertiary/aromatic N) is 2. The molecule has 96 valence electrons. The molecule has 0 aliphatic rings. The molecule has 0 unspecified atom stereocenters. The fourth-order valence-electron chi connectivity index (χ4n) is 1.32. The highest BCUT2D eigenvalue weighted by atomic mass is 32.1. The van der Waals surface area contributed by atoms with Crippen LogP contribution in [0, 0.1) is 6.92 Å². The smallest absolute Gasteiger partial charge is 0.311 e. The second-order valence-electron chi connectivity index (χ2n) is 3.62. The van der Waals surface area contributed by atoms with E-state index in [1.807, 2.05) is 18.5 Å². The second kappa shape index (κ2) is 5.92. The zero-order valence-electron chi connectivity index (χ0n) is 10.1. The van der Waals surface area contributed by atoms with Gasteiger partial charge in [-0.1, -0.05) is 0 Å². The number of rotatable bonds is 5. The molecule has 5 nitrogen and oxygen atoms in total. The van der Waals surface area contributed by atoms with Gasteiger partial charge in [0.1, 0.15) is 5.01 Å². The molecule has 7 heteroatoms. The summed E-state index contributed by atoms with van der Waals surface area (Å²) in [7, 11) is 1.37. The van der Waals surface area contributed by atoms with Crippen molar-refractivity contribution in [2.24, 2.45) is 0 Å². The molecule has 1 N–H and O–H groups in total. The lowest BCUT2D eigenvalue weighted by molar-refractivity contribution is -0.139. The highest BCUT2D eigenvalue weighted by Gasteiger charge is 2.07. The number of hydrogen-bond acceptors (Lipinski definition) is 7. The molecule has 0 saturated carbocycles. The van der Waals surface area contributed by atoms with Crippen molar-refractivity contribution in [2.45, 2.75) is 19.9 Å². The monoisotopic (exact) mass is 283 g/mol. The summed E-state index contributed by atoms with van der Waals surface area (Å²) in [6, 6.07) is 0. The Labute approximate surface area is 113 Å². The third-order valence-corrected chi connectivity index (χ3v) is 3.93. The number of nitrogens with one attached hydrogen (secondary N) is 1. The van der Waals surface area contributed by atoms with Crippen LogP contribution in [-0.4, -0.2) is 23.0 Å². The molecule has 0 bridgehead atoms. The molecular formula is C11H13N3O2S2. The number of carbonyl (C=O) groups is 1. The number of ether oxygens (including phenoxy) is 1. The first-order valence-electron chi connectivity index (χ1n) is 5.34. The van der Waals surface area contributed by atoms with Crippen LogP contribution in [0.5, 0.6) is 0 Å². The van der Waals surface area contributed by atoms with Crippen molar-refractivity contribution in [1.29, 1.82) is 0 Å². The number of hydrogen-bond donors (Lipinski definition) is 1. The molecular weight excluding hydrogens is 270 g/mol. The first kappa shape index (κ1) is 13.0. The van der Waals surface area contributed by atoms with E-state index < -0.39 is 0 Å².